The van der Waals surface area contributed by atoms with Crippen LogP contribution in [0.4, 0.5) is 0 Å². The molecule has 1 aliphatic rings. The zero-order valence-corrected chi connectivity index (χ0v) is 13.6. The third-order valence-corrected chi connectivity index (χ3v) is 5.20. The van der Waals surface area contributed by atoms with Gasteiger partial charge in [0.05, 0.1) is 5.16 Å². The lowest BCUT2D eigenvalue weighted by Gasteiger charge is -2.34. The van der Waals surface area contributed by atoms with E-state index < -0.39 is 0 Å². The van der Waals surface area contributed by atoms with Crippen molar-refractivity contribution >= 4 is 14.6 Å². The molecule has 0 amide bonds. The van der Waals surface area contributed by atoms with Crippen molar-refractivity contribution in [3.63, 3.8) is 0 Å². The second-order valence-corrected chi connectivity index (χ2v) is 8.59. The fourth-order valence-electron chi connectivity index (χ4n) is 2.79. The molecular formula is C15H29O2P. The van der Waals surface area contributed by atoms with Gasteiger partial charge in [-0.1, -0.05) is 27.2 Å². The van der Waals surface area contributed by atoms with E-state index in [4.69, 9.17) is 4.74 Å². The van der Waals surface area contributed by atoms with Crippen molar-refractivity contribution in [3.8, 4) is 0 Å². The van der Waals surface area contributed by atoms with Crippen LogP contribution in [-0.2, 0) is 9.53 Å². The zero-order chi connectivity index (χ0) is 13.8. The van der Waals surface area contributed by atoms with Crippen LogP contribution in [0.15, 0.2) is 0 Å². The van der Waals surface area contributed by atoms with E-state index in [0.717, 1.165) is 19.3 Å². The van der Waals surface area contributed by atoms with Crippen molar-refractivity contribution in [1.29, 1.82) is 0 Å². The maximum Gasteiger partial charge on any atom is 0.316 e. The predicted molar refractivity (Wildman–Crippen MR) is 79.7 cm³/mol. The van der Waals surface area contributed by atoms with Crippen LogP contribution in [0.3, 0.4) is 0 Å². The standard InChI is InChI=1S/C15H29O2P/c1-14(2,3)11-15(4,18-5)13(16)17-12-9-7-6-8-10-12/h12,18H,6-11H2,1-5H3. The van der Waals surface area contributed by atoms with E-state index in [2.05, 4.69) is 34.4 Å². The van der Waals surface area contributed by atoms with E-state index in [-0.39, 0.29) is 22.6 Å². The molecule has 1 fully saturated rings. The molecular weight excluding hydrogens is 243 g/mol. The Morgan fingerprint density at radius 2 is 1.72 bits per heavy atom. The smallest absolute Gasteiger partial charge is 0.316 e. The van der Waals surface area contributed by atoms with Gasteiger partial charge in [-0.05, 0) is 51.1 Å². The van der Waals surface area contributed by atoms with Gasteiger partial charge >= 0.3 is 5.97 Å². The minimum Gasteiger partial charge on any atom is -0.462 e. The topological polar surface area (TPSA) is 26.3 Å². The summed E-state index contributed by atoms with van der Waals surface area (Å²) in [4.78, 5) is 12.4. The number of hydrogen-bond donors (Lipinski definition) is 0. The van der Waals surface area contributed by atoms with E-state index in [9.17, 15) is 4.79 Å². The Balaban J connectivity index is 2.60. The van der Waals surface area contributed by atoms with Crippen LogP contribution in [0.2, 0.25) is 0 Å². The van der Waals surface area contributed by atoms with Crippen LogP contribution >= 0.6 is 8.58 Å². The molecule has 0 saturated heterocycles. The van der Waals surface area contributed by atoms with Gasteiger partial charge in [-0.25, -0.2) is 0 Å². The van der Waals surface area contributed by atoms with Gasteiger partial charge in [0.15, 0.2) is 0 Å². The maximum atomic E-state index is 12.4. The van der Waals surface area contributed by atoms with Gasteiger partial charge in [-0.15, -0.1) is 8.58 Å². The summed E-state index contributed by atoms with van der Waals surface area (Å²) in [7, 11) is 0.602. The minimum absolute atomic E-state index is 0.0326. The number of esters is 1. The first kappa shape index (κ1) is 16.0. The van der Waals surface area contributed by atoms with Crippen molar-refractivity contribution < 1.29 is 9.53 Å². The maximum absolute atomic E-state index is 12.4. The van der Waals surface area contributed by atoms with Crippen LogP contribution in [0.25, 0.3) is 0 Å². The predicted octanol–water partition coefficient (Wildman–Crippen LogP) is 4.37. The quantitative estimate of drug-likeness (QED) is 0.561. The number of hydrogen-bond acceptors (Lipinski definition) is 2. The summed E-state index contributed by atoms with van der Waals surface area (Å²) in [5.41, 5.74) is 0.170. The van der Waals surface area contributed by atoms with E-state index in [1.54, 1.807) is 0 Å². The fourth-order valence-corrected chi connectivity index (χ4v) is 3.76. The molecule has 0 aromatic carbocycles. The average Bonchev–Trinajstić information content (AvgIpc) is 2.28. The van der Waals surface area contributed by atoms with Gasteiger partial charge in [0, 0.05) is 0 Å². The Morgan fingerprint density at radius 1 is 1.17 bits per heavy atom. The van der Waals surface area contributed by atoms with Gasteiger partial charge in [0.25, 0.3) is 0 Å². The highest BCUT2D eigenvalue weighted by molar-refractivity contribution is 7.40. The van der Waals surface area contributed by atoms with Crippen LogP contribution in [0, 0.1) is 5.41 Å². The number of carbonyl (C=O) groups excluding carboxylic acids is 1. The fraction of sp³-hybridized carbons (Fsp3) is 0.933. The normalized spacial score (nSPS) is 22.1. The zero-order valence-electron chi connectivity index (χ0n) is 12.6. The van der Waals surface area contributed by atoms with Gasteiger partial charge in [-0.3, -0.25) is 4.79 Å². The molecule has 1 rings (SSSR count). The van der Waals surface area contributed by atoms with Crippen LogP contribution in [0.5, 0.6) is 0 Å². The van der Waals surface area contributed by atoms with Crippen molar-refractivity contribution in [1.82, 2.24) is 0 Å². The third-order valence-electron chi connectivity index (χ3n) is 3.71. The summed E-state index contributed by atoms with van der Waals surface area (Å²) in [6, 6.07) is 0. The lowest BCUT2D eigenvalue weighted by Crippen LogP contribution is -2.38. The molecule has 0 radical (unpaired) electrons. The lowest BCUT2D eigenvalue weighted by molar-refractivity contribution is -0.154. The third kappa shape index (κ3) is 4.88. The number of carbonyl (C=O) groups is 1. The number of ether oxygens (including phenoxy) is 1. The summed E-state index contributed by atoms with van der Waals surface area (Å²) < 4.78 is 5.76. The molecule has 2 nitrogen and oxygen atoms in total. The Kier molecular flexibility index (Phi) is 5.65. The number of rotatable bonds is 4. The molecule has 1 aliphatic carbocycles. The van der Waals surface area contributed by atoms with Gasteiger partial charge in [0.2, 0.25) is 0 Å². The van der Waals surface area contributed by atoms with E-state index >= 15 is 0 Å². The molecule has 2 atom stereocenters. The van der Waals surface area contributed by atoms with Crippen molar-refractivity contribution in [3.05, 3.63) is 0 Å². The lowest BCUT2D eigenvalue weighted by atomic mass is 9.85. The van der Waals surface area contributed by atoms with Crippen LogP contribution in [0.1, 0.15) is 66.2 Å². The minimum atomic E-state index is -0.296. The molecule has 106 valence electrons. The van der Waals surface area contributed by atoms with E-state index in [0.29, 0.717) is 8.58 Å². The summed E-state index contributed by atoms with van der Waals surface area (Å²) in [5, 5.41) is -0.296. The van der Waals surface area contributed by atoms with Crippen molar-refractivity contribution in [2.75, 3.05) is 6.66 Å². The van der Waals surface area contributed by atoms with Crippen molar-refractivity contribution in [2.45, 2.75) is 77.5 Å². The molecule has 0 aromatic rings. The van der Waals surface area contributed by atoms with Crippen LogP contribution < -0.4 is 0 Å². The Morgan fingerprint density at radius 3 is 2.17 bits per heavy atom. The second kappa shape index (κ2) is 6.37. The average molecular weight is 272 g/mol. The molecule has 0 bridgehead atoms. The molecule has 1 saturated carbocycles. The SMILES string of the molecule is CPC(C)(CC(C)(C)C)C(=O)OC1CCCCC1. The molecule has 0 N–H and O–H groups in total. The molecule has 0 aromatic heterocycles. The van der Waals surface area contributed by atoms with Gasteiger partial charge in [0.1, 0.15) is 6.10 Å². The summed E-state index contributed by atoms with van der Waals surface area (Å²) in [6.45, 7) is 10.8. The molecule has 18 heavy (non-hydrogen) atoms. The highest BCUT2D eigenvalue weighted by Gasteiger charge is 2.38. The Labute approximate surface area is 114 Å². The molecule has 0 spiro atoms. The van der Waals surface area contributed by atoms with Crippen molar-refractivity contribution in [2.24, 2.45) is 5.41 Å². The summed E-state index contributed by atoms with van der Waals surface area (Å²) >= 11 is 0. The van der Waals surface area contributed by atoms with Gasteiger partial charge < -0.3 is 4.74 Å². The molecule has 2 unspecified atom stereocenters. The molecule has 0 aliphatic heterocycles. The largest absolute Gasteiger partial charge is 0.462 e. The summed E-state index contributed by atoms with van der Waals surface area (Å²) in [5.74, 6) is 0.0326. The Bertz CT molecular complexity index is 277. The van der Waals surface area contributed by atoms with Gasteiger partial charge in [-0.2, -0.15) is 0 Å². The molecule has 3 heteroatoms. The van der Waals surface area contributed by atoms with E-state index in [1.165, 1.54) is 19.3 Å². The first-order valence-corrected chi connectivity index (χ1v) is 8.67. The monoisotopic (exact) mass is 272 g/mol. The first-order chi connectivity index (χ1) is 8.27. The van der Waals surface area contributed by atoms with E-state index in [1.807, 2.05) is 0 Å². The van der Waals surface area contributed by atoms with Crippen LogP contribution in [-0.4, -0.2) is 23.9 Å². The highest BCUT2D eigenvalue weighted by atomic mass is 31.1. The Hall–Kier alpha value is -0.100. The highest BCUT2D eigenvalue weighted by Crippen LogP contribution is 2.41. The second-order valence-electron chi connectivity index (χ2n) is 6.98. The summed E-state index contributed by atoms with van der Waals surface area (Å²) in [6.07, 6.45) is 6.92. The first-order valence-electron chi connectivity index (χ1n) is 7.17. The molecule has 0 heterocycles.